The van der Waals surface area contributed by atoms with Gasteiger partial charge in [0.15, 0.2) is 6.61 Å². The Balaban J connectivity index is 3.01. The van der Waals surface area contributed by atoms with Gasteiger partial charge in [-0.2, -0.15) is 0 Å². The predicted molar refractivity (Wildman–Crippen MR) is 88.5 cm³/mol. The van der Waals surface area contributed by atoms with Crippen LogP contribution in [0, 0.1) is 0 Å². The number of rotatable bonds is 9. The monoisotopic (exact) mass is 374 g/mol. The van der Waals surface area contributed by atoms with Crippen molar-refractivity contribution in [1.29, 1.82) is 0 Å². The number of carbonyl (C=O) groups excluding carboxylic acids is 2. The molecule has 0 saturated carbocycles. The summed E-state index contributed by atoms with van der Waals surface area (Å²) in [6.07, 6.45) is 0.756. The minimum atomic E-state index is -4.03. The first kappa shape index (κ1) is 20.9. The van der Waals surface area contributed by atoms with Gasteiger partial charge >= 0.3 is 5.97 Å². The Hall–Kier alpha value is -2.17. The number of carbonyl (C=O) groups is 2. The quantitative estimate of drug-likeness (QED) is 0.496. The van der Waals surface area contributed by atoms with E-state index in [1.165, 1.54) is 33.4 Å². The third-order valence-electron chi connectivity index (χ3n) is 3.18. The van der Waals surface area contributed by atoms with Crippen LogP contribution in [-0.4, -0.2) is 59.2 Å². The van der Waals surface area contributed by atoms with Crippen molar-refractivity contribution in [3.05, 3.63) is 23.8 Å². The number of amides is 1. The largest absolute Gasteiger partial charge is 0.495 e. The molecule has 9 nitrogen and oxygen atoms in total. The van der Waals surface area contributed by atoms with Crippen molar-refractivity contribution in [2.45, 2.75) is 18.2 Å². The van der Waals surface area contributed by atoms with E-state index in [0.29, 0.717) is 11.0 Å². The number of benzene rings is 1. The summed E-state index contributed by atoms with van der Waals surface area (Å²) in [4.78, 5) is 28.0. The molecule has 0 heterocycles. The number of esters is 1. The molecule has 25 heavy (non-hydrogen) atoms. The second kappa shape index (κ2) is 9.35. The molecule has 1 rings (SSSR count). The Morgan fingerprint density at radius 1 is 1.24 bits per heavy atom. The molecule has 0 aliphatic heterocycles. The lowest BCUT2D eigenvalue weighted by atomic mass is 10.2. The Morgan fingerprint density at radius 3 is 2.48 bits per heavy atom. The van der Waals surface area contributed by atoms with E-state index in [1.54, 1.807) is 0 Å². The zero-order valence-electron chi connectivity index (χ0n) is 14.6. The lowest BCUT2D eigenvalue weighted by Gasteiger charge is -2.17. The number of nitrogens with one attached hydrogen (secondary N) is 1. The van der Waals surface area contributed by atoms with Gasteiger partial charge in [0.05, 0.1) is 19.8 Å². The van der Waals surface area contributed by atoms with Crippen molar-refractivity contribution in [2.75, 3.05) is 34.4 Å². The molecule has 0 aromatic heterocycles. The van der Waals surface area contributed by atoms with Crippen molar-refractivity contribution in [1.82, 2.24) is 9.79 Å². The zero-order valence-corrected chi connectivity index (χ0v) is 15.4. The van der Waals surface area contributed by atoms with Crippen LogP contribution in [-0.2, 0) is 24.4 Å². The molecule has 0 atom stereocenters. The van der Waals surface area contributed by atoms with E-state index in [-0.39, 0.29) is 16.2 Å². The molecule has 0 spiro atoms. The van der Waals surface area contributed by atoms with Gasteiger partial charge in [0.2, 0.25) is 0 Å². The van der Waals surface area contributed by atoms with Gasteiger partial charge in [-0.1, -0.05) is 11.4 Å². The molecule has 1 aromatic rings. The fraction of sp³-hybridized carbons (Fsp3) is 0.467. The number of nitrogens with zero attached hydrogens (tertiary/aromatic N) is 1. The standard InChI is InChI=1S/C15H22N2O7S/c1-5-8-16-14(18)10-24-15(19)11-6-7-12(22-3)13(9-11)25(20,21)17(2)23-4/h6-7,9H,5,8,10H2,1-4H3,(H,16,18). The van der Waals surface area contributed by atoms with Crippen LogP contribution in [0.2, 0.25) is 0 Å². The SMILES string of the molecule is CCCNC(=O)COC(=O)c1ccc(OC)c(S(=O)(=O)N(C)OC)c1. The third-order valence-corrected chi connectivity index (χ3v) is 4.88. The van der Waals surface area contributed by atoms with Crippen LogP contribution in [0.3, 0.4) is 0 Å². The summed E-state index contributed by atoms with van der Waals surface area (Å²) in [5.74, 6) is -1.22. The summed E-state index contributed by atoms with van der Waals surface area (Å²) in [5, 5.41) is 2.56. The Kier molecular flexibility index (Phi) is 7.81. The van der Waals surface area contributed by atoms with Crippen LogP contribution in [0.5, 0.6) is 5.75 Å². The predicted octanol–water partition coefficient (Wildman–Crippen LogP) is 0.560. The van der Waals surface area contributed by atoms with Crippen LogP contribution in [0.1, 0.15) is 23.7 Å². The summed E-state index contributed by atoms with van der Waals surface area (Å²) < 4.78 is 35.4. The summed E-state index contributed by atoms with van der Waals surface area (Å²) in [6, 6.07) is 3.77. The van der Waals surface area contributed by atoms with Gasteiger partial charge < -0.3 is 14.8 Å². The molecule has 10 heteroatoms. The fourth-order valence-corrected chi connectivity index (χ4v) is 2.93. The molecule has 0 aliphatic carbocycles. The van der Waals surface area contributed by atoms with E-state index in [0.717, 1.165) is 12.5 Å². The third kappa shape index (κ3) is 5.41. The summed E-state index contributed by atoms with van der Waals surface area (Å²) in [6.45, 7) is 1.91. The van der Waals surface area contributed by atoms with Gasteiger partial charge in [-0.25, -0.2) is 13.2 Å². The number of ether oxygens (including phenoxy) is 2. The van der Waals surface area contributed by atoms with E-state index in [1.807, 2.05) is 6.92 Å². The van der Waals surface area contributed by atoms with Crippen LogP contribution >= 0.6 is 0 Å². The molecular weight excluding hydrogens is 352 g/mol. The highest BCUT2D eigenvalue weighted by Crippen LogP contribution is 2.27. The summed E-state index contributed by atoms with van der Waals surface area (Å²) in [7, 11) is -0.332. The topological polar surface area (TPSA) is 111 Å². The highest BCUT2D eigenvalue weighted by molar-refractivity contribution is 7.89. The molecule has 0 unspecified atom stereocenters. The first-order chi connectivity index (χ1) is 11.8. The Morgan fingerprint density at radius 2 is 1.92 bits per heavy atom. The minimum absolute atomic E-state index is 0.0350. The highest BCUT2D eigenvalue weighted by Gasteiger charge is 2.26. The lowest BCUT2D eigenvalue weighted by Crippen LogP contribution is -2.29. The van der Waals surface area contributed by atoms with Crippen molar-refractivity contribution in [3.8, 4) is 5.75 Å². The Bertz CT molecular complexity index is 719. The van der Waals surface area contributed by atoms with Crippen molar-refractivity contribution in [2.24, 2.45) is 0 Å². The maximum Gasteiger partial charge on any atom is 0.338 e. The smallest absolute Gasteiger partial charge is 0.338 e. The molecule has 0 fully saturated rings. The fourth-order valence-electron chi connectivity index (χ4n) is 1.77. The zero-order chi connectivity index (χ0) is 19.0. The number of hydrogen-bond donors (Lipinski definition) is 1. The lowest BCUT2D eigenvalue weighted by molar-refractivity contribution is -0.124. The van der Waals surface area contributed by atoms with Crippen LogP contribution < -0.4 is 10.1 Å². The van der Waals surface area contributed by atoms with E-state index >= 15 is 0 Å². The molecule has 140 valence electrons. The first-order valence-corrected chi connectivity index (χ1v) is 8.86. The Labute approximate surface area is 146 Å². The highest BCUT2D eigenvalue weighted by atomic mass is 32.2. The van der Waals surface area contributed by atoms with Gasteiger partial charge in [-0.15, -0.1) is 0 Å². The van der Waals surface area contributed by atoms with Gasteiger partial charge in [0.1, 0.15) is 10.6 Å². The number of methoxy groups -OCH3 is 1. The molecule has 0 saturated heterocycles. The van der Waals surface area contributed by atoms with Gasteiger partial charge in [-0.05, 0) is 24.6 Å². The average molecular weight is 374 g/mol. The minimum Gasteiger partial charge on any atom is -0.495 e. The normalized spacial score (nSPS) is 11.2. The summed E-state index contributed by atoms with van der Waals surface area (Å²) >= 11 is 0. The van der Waals surface area contributed by atoms with Crippen molar-refractivity contribution in [3.63, 3.8) is 0 Å². The molecule has 1 amide bonds. The van der Waals surface area contributed by atoms with Crippen LogP contribution in [0.4, 0.5) is 0 Å². The second-order valence-electron chi connectivity index (χ2n) is 4.89. The molecule has 1 aromatic carbocycles. The second-order valence-corrected chi connectivity index (χ2v) is 6.79. The first-order valence-electron chi connectivity index (χ1n) is 7.42. The van der Waals surface area contributed by atoms with Gasteiger partial charge in [0.25, 0.3) is 15.9 Å². The average Bonchev–Trinajstić information content (AvgIpc) is 2.62. The van der Waals surface area contributed by atoms with E-state index in [2.05, 4.69) is 5.32 Å². The number of hydrogen-bond acceptors (Lipinski definition) is 7. The van der Waals surface area contributed by atoms with Gasteiger partial charge in [0, 0.05) is 13.6 Å². The van der Waals surface area contributed by atoms with E-state index in [4.69, 9.17) is 14.3 Å². The van der Waals surface area contributed by atoms with Crippen molar-refractivity contribution >= 4 is 21.9 Å². The number of hydroxylamine groups is 1. The molecule has 1 N–H and O–H groups in total. The van der Waals surface area contributed by atoms with Crippen LogP contribution in [0.15, 0.2) is 23.1 Å². The van der Waals surface area contributed by atoms with Crippen LogP contribution in [0.25, 0.3) is 0 Å². The maximum atomic E-state index is 12.4. The molecular formula is C15H22N2O7S. The van der Waals surface area contributed by atoms with E-state index in [9.17, 15) is 18.0 Å². The molecule has 0 aliphatic rings. The molecule has 0 bridgehead atoms. The van der Waals surface area contributed by atoms with Crippen molar-refractivity contribution < 1.29 is 32.3 Å². The van der Waals surface area contributed by atoms with E-state index < -0.39 is 28.5 Å². The number of sulfonamides is 1. The maximum absolute atomic E-state index is 12.4. The molecule has 0 radical (unpaired) electrons. The summed E-state index contributed by atoms with van der Waals surface area (Å²) in [5.41, 5.74) is -0.0350. The van der Waals surface area contributed by atoms with Gasteiger partial charge in [-0.3, -0.25) is 9.63 Å².